The molecule has 0 radical (unpaired) electrons. The van der Waals surface area contributed by atoms with Crippen LogP contribution < -0.4 is 10.6 Å². The number of aromatic hydroxyl groups is 2. The highest BCUT2D eigenvalue weighted by atomic mass is 16.3. The molecule has 0 atom stereocenters. The van der Waals surface area contributed by atoms with E-state index in [2.05, 4.69) is 10.6 Å². The maximum absolute atomic E-state index is 12.0. The molecule has 0 bridgehead atoms. The molecule has 6 heteroatoms. The van der Waals surface area contributed by atoms with Crippen molar-refractivity contribution in [3.05, 3.63) is 59.8 Å². The van der Waals surface area contributed by atoms with Crippen LogP contribution in [0.25, 0.3) is 0 Å². The van der Waals surface area contributed by atoms with Gasteiger partial charge in [-0.3, -0.25) is 4.79 Å². The highest BCUT2D eigenvalue weighted by Gasteiger charge is 2.10. The molecule has 23 heavy (non-hydrogen) atoms. The lowest BCUT2D eigenvalue weighted by molar-refractivity contribution is -0.112. The number of carbonyl (C=O) groups is 1. The number of aryl methyl sites for hydroxylation is 1. The van der Waals surface area contributed by atoms with Crippen molar-refractivity contribution in [3.63, 3.8) is 0 Å². The topological polar surface area (TPSA) is 105 Å². The van der Waals surface area contributed by atoms with E-state index in [0.29, 0.717) is 11.4 Å². The molecule has 2 aromatic carbocycles. The molecule has 4 N–H and O–H groups in total. The number of nitrogens with one attached hydrogen (secondary N) is 2. The molecule has 0 unspecified atom stereocenters. The number of amides is 1. The van der Waals surface area contributed by atoms with E-state index in [4.69, 9.17) is 5.26 Å². The lowest BCUT2D eigenvalue weighted by Crippen LogP contribution is -2.14. The van der Waals surface area contributed by atoms with E-state index in [-0.39, 0.29) is 17.1 Å². The molecule has 0 saturated carbocycles. The molecule has 116 valence electrons. The number of hydrogen-bond donors (Lipinski definition) is 4. The minimum absolute atomic E-state index is 0.00750. The lowest BCUT2D eigenvalue weighted by atomic mass is 10.2. The van der Waals surface area contributed by atoms with Crippen LogP contribution in [0.3, 0.4) is 0 Å². The summed E-state index contributed by atoms with van der Waals surface area (Å²) in [5.74, 6) is -0.608. The predicted molar refractivity (Wildman–Crippen MR) is 86.9 cm³/mol. The van der Waals surface area contributed by atoms with Gasteiger partial charge >= 0.3 is 0 Å². The van der Waals surface area contributed by atoms with Crippen molar-refractivity contribution in [2.24, 2.45) is 0 Å². The van der Waals surface area contributed by atoms with Crippen molar-refractivity contribution in [2.75, 3.05) is 10.6 Å². The minimum Gasteiger partial charge on any atom is -0.508 e. The number of hydrogen-bond acceptors (Lipinski definition) is 5. The van der Waals surface area contributed by atoms with E-state index in [1.54, 1.807) is 30.3 Å². The molecule has 2 rings (SSSR count). The Hall–Kier alpha value is -3.46. The van der Waals surface area contributed by atoms with Crippen molar-refractivity contribution in [2.45, 2.75) is 6.92 Å². The van der Waals surface area contributed by atoms with Crippen molar-refractivity contribution < 1.29 is 15.0 Å². The fraction of sp³-hybridized carbons (Fsp3) is 0.0588. The second kappa shape index (κ2) is 7.00. The molecule has 0 aliphatic rings. The van der Waals surface area contributed by atoms with Crippen molar-refractivity contribution in [1.82, 2.24) is 0 Å². The van der Waals surface area contributed by atoms with Crippen LogP contribution in [0.2, 0.25) is 0 Å². The third kappa shape index (κ3) is 4.25. The molecule has 0 fully saturated rings. The molecule has 0 spiro atoms. The zero-order valence-corrected chi connectivity index (χ0v) is 12.4. The molecule has 0 aromatic heterocycles. The average molecular weight is 309 g/mol. The zero-order chi connectivity index (χ0) is 16.8. The second-order valence-corrected chi connectivity index (χ2v) is 4.84. The summed E-state index contributed by atoms with van der Waals surface area (Å²) in [6.07, 6.45) is 1.21. The number of phenolic OH excluding ortho intramolecular Hbond substituents is 2. The molecule has 0 aliphatic carbocycles. The minimum atomic E-state index is -0.627. The first kappa shape index (κ1) is 15.9. The summed E-state index contributed by atoms with van der Waals surface area (Å²) >= 11 is 0. The van der Waals surface area contributed by atoms with Gasteiger partial charge in [-0.1, -0.05) is 12.1 Å². The Bertz CT molecular complexity index is 807. The van der Waals surface area contributed by atoms with Gasteiger partial charge in [-0.25, -0.2) is 0 Å². The van der Waals surface area contributed by atoms with E-state index < -0.39 is 5.91 Å². The maximum Gasteiger partial charge on any atom is 0.267 e. The van der Waals surface area contributed by atoms with Crippen LogP contribution in [-0.4, -0.2) is 16.1 Å². The number of benzene rings is 2. The van der Waals surface area contributed by atoms with Gasteiger partial charge in [0.1, 0.15) is 23.1 Å². The van der Waals surface area contributed by atoms with Gasteiger partial charge in [0, 0.05) is 18.0 Å². The van der Waals surface area contributed by atoms with Gasteiger partial charge < -0.3 is 20.8 Å². The normalized spacial score (nSPS) is 10.7. The fourth-order valence-corrected chi connectivity index (χ4v) is 1.85. The van der Waals surface area contributed by atoms with Crippen LogP contribution in [0.4, 0.5) is 11.4 Å². The summed E-state index contributed by atoms with van der Waals surface area (Å²) in [5.41, 5.74) is 1.51. The van der Waals surface area contributed by atoms with Gasteiger partial charge in [-0.2, -0.15) is 5.26 Å². The van der Waals surface area contributed by atoms with E-state index in [1.165, 1.54) is 24.4 Å². The van der Waals surface area contributed by atoms with Gasteiger partial charge in [-0.15, -0.1) is 0 Å². The van der Waals surface area contributed by atoms with Crippen molar-refractivity contribution >= 4 is 17.3 Å². The molecule has 1 amide bonds. The molecule has 2 aromatic rings. The number of phenols is 2. The molecule has 0 aliphatic heterocycles. The van der Waals surface area contributed by atoms with E-state index >= 15 is 0 Å². The van der Waals surface area contributed by atoms with E-state index in [1.807, 2.05) is 6.92 Å². The largest absolute Gasteiger partial charge is 0.508 e. The summed E-state index contributed by atoms with van der Waals surface area (Å²) in [6.45, 7) is 1.86. The van der Waals surface area contributed by atoms with Gasteiger partial charge in [0.2, 0.25) is 0 Å². The molecular formula is C17H15N3O3. The third-order valence-corrected chi connectivity index (χ3v) is 2.99. The Morgan fingerprint density at radius 1 is 1.22 bits per heavy atom. The Labute approximate surface area is 133 Å². The number of nitriles is 1. The van der Waals surface area contributed by atoms with Crippen LogP contribution in [0.1, 0.15) is 5.56 Å². The highest BCUT2D eigenvalue weighted by molar-refractivity contribution is 6.06. The lowest BCUT2D eigenvalue weighted by Gasteiger charge is -2.07. The van der Waals surface area contributed by atoms with Crippen molar-refractivity contribution in [1.29, 1.82) is 5.26 Å². The Balaban J connectivity index is 2.14. The fourth-order valence-electron chi connectivity index (χ4n) is 1.85. The van der Waals surface area contributed by atoms with Crippen LogP contribution >= 0.6 is 0 Å². The van der Waals surface area contributed by atoms with Gasteiger partial charge in [-0.05, 0) is 36.8 Å². The molecular weight excluding hydrogens is 294 g/mol. The Morgan fingerprint density at radius 3 is 2.70 bits per heavy atom. The van der Waals surface area contributed by atoms with E-state index in [0.717, 1.165) is 5.56 Å². The summed E-state index contributed by atoms with van der Waals surface area (Å²) in [6, 6.07) is 12.7. The van der Waals surface area contributed by atoms with E-state index in [9.17, 15) is 15.0 Å². The van der Waals surface area contributed by atoms with Crippen LogP contribution in [0.15, 0.2) is 54.2 Å². The summed E-state index contributed by atoms with van der Waals surface area (Å²) in [4.78, 5) is 12.0. The third-order valence-electron chi connectivity index (χ3n) is 2.99. The van der Waals surface area contributed by atoms with Gasteiger partial charge in [0.15, 0.2) is 0 Å². The van der Waals surface area contributed by atoms with Gasteiger partial charge in [0.05, 0.1) is 5.69 Å². The first-order valence-corrected chi connectivity index (χ1v) is 6.76. The van der Waals surface area contributed by atoms with Crippen LogP contribution in [-0.2, 0) is 4.79 Å². The predicted octanol–water partition coefficient (Wildman–Crippen LogP) is 2.86. The average Bonchev–Trinajstić information content (AvgIpc) is 2.51. The first-order chi connectivity index (χ1) is 11.0. The number of anilines is 2. The van der Waals surface area contributed by atoms with Crippen LogP contribution in [0.5, 0.6) is 11.5 Å². The Morgan fingerprint density at radius 2 is 2.00 bits per heavy atom. The zero-order valence-electron chi connectivity index (χ0n) is 12.4. The standard InChI is InChI=1S/C17H15N3O3/c1-11-5-6-16(22)15(7-11)19-10-12(9-18)17(23)20-13-3-2-4-14(21)8-13/h2-8,10,19,21-22H,1H3,(H,20,23)/b12-10-. The van der Waals surface area contributed by atoms with Crippen molar-refractivity contribution in [3.8, 4) is 17.6 Å². The molecule has 0 heterocycles. The molecule has 6 nitrogen and oxygen atoms in total. The highest BCUT2D eigenvalue weighted by Crippen LogP contribution is 2.24. The SMILES string of the molecule is Cc1ccc(O)c(N/C=C(/C#N)C(=O)Nc2cccc(O)c2)c1. The number of carbonyl (C=O) groups excluding carboxylic acids is 1. The van der Waals surface area contributed by atoms with Gasteiger partial charge in [0.25, 0.3) is 5.91 Å². The van der Waals surface area contributed by atoms with Crippen LogP contribution in [0, 0.1) is 18.3 Å². The molecule has 0 saturated heterocycles. The Kier molecular flexibility index (Phi) is 4.85. The maximum atomic E-state index is 12.0. The summed E-state index contributed by atoms with van der Waals surface area (Å²) in [5, 5.41) is 33.4. The number of nitrogens with zero attached hydrogens (tertiary/aromatic N) is 1. The number of rotatable bonds is 4. The quantitative estimate of drug-likeness (QED) is 0.395. The first-order valence-electron chi connectivity index (χ1n) is 6.76. The second-order valence-electron chi connectivity index (χ2n) is 4.84. The monoisotopic (exact) mass is 309 g/mol. The summed E-state index contributed by atoms with van der Waals surface area (Å²) < 4.78 is 0. The smallest absolute Gasteiger partial charge is 0.267 e. The summed E-state index contributed by atoms with van der Waals surface area (Å²) in [7, 11) is 0.